The summed E-state index contributed by atoms with van der Waals surface area (Å²) >= 11 is 0. The van der Waals surface area contributed by atoms with Crippen LogP contribution < -0.4 is 24.8 Å². The lowest BCUT2D eigenvalue weighted by atomic mass is 10.1. The molecule has 146 valence electrons. The highest BCUT2D eigenvalue weighted by molar-refractivity contribution is 5.81. The maximum Gasteiger partial charge on any atom is 0.387 e. The van der Waals surface area contributed by atoms with Gasteiger partial charge in [-0.25, -0.2) is 0 Å². The predicted molar refractivity (Wildman–Crippen MR) is 97.7 cm³/mol. The van der Waals surface area contributed by atoms with Crippen molar-refractivity contribution in [2.24, 2.45) is 0 Å². The van der Waals surface area contributed by atoms with Crippen LogP contribution in [0.5, 0.6) is 17.2 Å². The molecule has 0 saturated carbocycles. The average Bonchev–Trinajstić information content (AvgIpc) is 2.66. The van der Waals surface area contributed by atoms with Gasteiger partial charge in [0, 0.05) is 17.3 Å². The van der Waals surface area contributed by atoms with Gasteiger partial charge in [-0.15, -0.1) is 0 Å². The molecule has 0 spiro atoms. The van der Waals surface area contributed by atoms with Crippen LogP contribution in [-0.4, -0.2) is 33.3 Å². The Hall–Kier alpha value is -3.03. The third-order valence-electron chi connectivity index (χ3n) is 3.82. The SMILES string of the molecule is COc1ccc(NCC(=O)NC(C)c2ccccc2OC)cc1OC(F)F. The molecule has 0 fully saturated rings. The Morgan fingerprint density at radius 3 is 2.41 bits per heavy atom. The summed E-state index contributed by atoms with van der Waals surface area (Å²) in [5, 5.41) is 5.72. The lowest BCUT2D eigenvalue weighted by Crippen LogP contribution is -2.32. The van der Waals surface area contributed by atoms with E-state index in [0.717, 1.165) is 5.56 Å². The van der Waals surface area contributed by atoms with Gasteiger partial charge in [0.1, 0.15) is 5.75 Å². The molecule has 2 aromatic carbocycles. The summed E-state index contributed by atoms with van der Waals surface area (Å²) in [6, 6.07) is 11.6. The van der Waals surface area contributed by atoms with Crippen LogP contribution in [0, 0.1) is 0 Å². The smallest absolute Gasteiger partial charge is 0.387 e. The van der Waals surface area contributed by atoms with Crippen molar-refractivity contribution in [3.63, 3.8) is 0 Å². The van der Waals surface area contributed by atoms with Crippen LogP contribution in [0.2, 0.25) is 0 Å². The molecule has 1 atom stereocenters. The highest BCUT2D eigenvalue weighted by Crippen LogP contribution is 2.31. The van der Waals surface area contributed by atoms with E-state index in [1.54, 1.807) is 13.2 Å². The largest absolute Gasteiger partial charge is 0.496 e. The van der Waals surface area contributed by atoms with Crippen LogP contribution in [0.25, 0.3) is 0 Å². The van der Waals surface area contributed by atoms with Gasteiger partial charge in [0.2, 0.25) is 5.91 Å². The first-order valence-corrected chi connectivity index (χ1v) is 8.23. The van der Waals surface area contributed by atoms with E-state index in [1.165, 1.54) is 19.2 Å². The van der Waals surface area contributed by atoms with Gasteiger partial charge in [-0.3, -0.25) is 4.79 Å². The lowest BCUT2D eigenvalue weighted by Gasteiger charge is -2.18. The number of hydrogen-bond acceptors (Lipinski definition) is 5. The zero-order valence-electron chi connectivity index (χ0n) is 15.3. The number of carbonyl (C=O) groups is 1. The van der Waals surface area contributed by atoms with E-state index in [9.17, 15) is 13.6 Å². The van der Waals surface area contributed by atoms with Gasteiger partial charge in [0.05, 0.1) is 26.8 Å². The van der Waals surface area contributed by atoms with Gasteiger partial charge < -0.3 is 24.8 Å². The van der Waals surface area contributed by atoms with Crippen molar-refractivity contribution in [1.29, 1.82) is 0 Å². The van der Waals surface area contributed by atoms with Crippen LogP contribution in [0.3, 0.4) is 0 Å². The number of carbonyl (C=O) groups excluding carboxylic acids is 1. The molecule has 1 amide bonds. The van der Waals surface area contributed by atoms with E-state index in [0.29, 0.717) is 11.4 Å². The van der Waals surface area contributed by atoms with Gasteiger partial charge in [-0.1, -0.05) is 18.2 Å². The minimum Gasteiger partial charge on any atom is -0.496 e. The van der Waals surface area contributed by atoms with Crippen molar-refractivity contribution in [1.82, 2.24) is 5.32 Å². The maximum atomic E-state index is 12.5. The normalized spacial score (nSPS) is 11.6. The Morgan fingerprint density at radius 2 is 1.74 bits per heavy atom. The van der Waals surface area contributed by atoms with E-state index >= 15 is 0 Å². The number of para-hydroxylation sites is 1. The lowest BCUT2D eigenvalue weighted by molar-refractivity contribution is -0.120. The second-order valence-electron chi connectivity index (χ2n) is 5.63. The van der Waals surface area contributed by atoms with Crippen molar-refractivity contribution >= 4 is 11.6 Å². The fourth-order valence-electron chi connectivity index (χ4n) is 2.55. The van der Waals surface area contributed by atoms with E-state index in [-0.39, 0.29) is 30.0 Å². The quantitative estimate of drug-likeness (QED) is 0.696. The molecule has 0 aromatic heterocycles. The topological polar surface area (TPSA) is 68.8 Å². The van der Waals surface area contributed by atoms with E-state index in [1.807, 2.05) is 31.2 Å². The summed E-state index contributed by atoms with van der Waals surface area (Å²) in [7, 11) is 2.92. The van der Waals surface area contributed by atoms with Crippen molar-refractivity contribution in [2.45, 2.75) is 19.6 Å². The Kier molecular flexibility index (Phi) is 7.22. The summed E-state index contributed by atoms with van der Waals surface area (Å²) < 4.78 is 39.6. The van der Waals surface area contributed by atoms with Gasteiger partial charge in [0.15, 0.2) is 11.5 Å². The van der Waals surface area contributed by atoms with Gasteiger partial charge >= 0.3 is 6.61 Å². The van der Waals surface area contributed by atoms with E-state index < -0.39 is 6.61 Å². The first kappa shape index (κ1) is 20.3. The monoisotopic (exact) mass is 380 g/mol. The van der Waals surface area contributed by atoms with Gasteiger partial charge in [-0.2, -0.15) is 8.78 Å². The number of anilines is 1. The number of benzene rings is 2. The Labute approximate surface area is 156 Å². The number of methoxy groups -OCH3 is 2. The molecule has 8 heteroatoms. The minimum atomic E-state index is -2.97. The number of hydrogen-bond donors (Lipinski definition) is 2. The zero-order chi connectivity index (χ0) is 19.8. The second-order valence-corrected chi connectivity index (χ2v) is 5.63. The average molecular weight is 380 g/mol. The predicted octanol–water partition coefficient (Wildman–Crippen LogP) is 3.59. The van der Waals surface area contributed by atoms with Crippen molar-refractivity contribution in [3.8, 4) is 17.2 Å². The molecule has 0 aliphatic heterocycles. The number of amides is 1. The fourth-order valence-corrected chi connectivity index (χ4v) is 2.55. The molecule has 2 aromatic rings. The maximum absolute atomic E-state index is 12.5. The van der Waals surface area contributed by atoms with Crippen molar-refractivity contribution < 1.29 is 27.8 Å². The van der Waals surface area contributed by atoms with E-state index in [4.69, 9.17) is 9.47 Å². The summed E-state index contributed by atoms with van der Waals surface area (Å²) in [5.74, 6) is 0.484. The number of ether oxygens (including phenoxy) is 3. The van der Waals surface area contributed by atoms with Crippen LogP contribution in [0.4, 0.5) is 14.5 Å². The van der Waals surface area contributed by atoms with Crippen LogP contribution >= 0.6 is 0 Å². The second kappa shape index (κ2) is 9.61. The number of rotatable bonds is 9. The zero-order valence-corrected chi connectivity index (χ0v) is 15.3. The molecule has 0 aliphatic carbocycles. The molecule has 0 heterocycles. The van der Waals surface area contributed by atoms with Crippen molar-refractivity contribution in [2.75, 3.05) is 26.1 Å². The molecule has 0 radical (unpaired) electrons. The third-order valence-corrected chi connectivity index (χ3v) is 3.82. The molecule has 1 unspecified atom stereocenters. The Morgan fingerprint density at radius 1 is 1.04 bits per heavy atom. The highest BCUT2D eigenvalue weighted by atomic mass is 19.3. The molecular weight excluding hydrogens is 358 g/mol. The van der Waals surface area contributed by atoms with Gasteiger partial charge in [-0.05, 0) is 25.1 Å². The first-order chi connectivity index (χ1) is 12.9. The molecule has 0 aliphatic rings. The van der Waals surface area contributed by atoms with Crippen LogP contribution in [0.1, 0.15) is 18.5 Å². The molecule has 0 bridgehead atoms. The summed E-state index contributed by atoms with van der Waals surface area (Å²) in [6.07, 6.45) is 0. The Balaban J connectivity index is 1.97. The number of halogens is 2. The molecule has 27 heavy (non-hydrogen) atoms. The van der Waals surface area contributed by atoms with Crippen molar-refractivity contribution in [3.05, 3.63) is 48.0 Å². The van der Waals surface area contributed by atoms with Gasteiger partial charge in [0.25, 0.3) is 0 Å². The summed E-state index contributed by atoms with van der Waals surface area (Å²) in [6.45, 7) is -1.17. The summed E-state index contributed by atoms with van der Waals surface area (Å²) in [5.41, 5.74) is 1.30. The Bertz CT molecular complexity index is 771. The molecule has 6 nitrogen and oxygen atoms in total. The number of nitrogens with one attached hydrogen (secondary N) is 2. The molecular formula is C19H22F2N2O4. The first-order valence-electron chi connectivity index (χ1n) is 8.23. The third kappa shape index (κ3) is 5.73. The standard InChI is InChI=1S/C19H22F2N2O4/c1-12(14-6-4-5-7-15(14)25-2)23-18(24)11-22-13-8-9-16(26-3)17(10-13)27-19(20)21/h4-10,12,19,22H,11H2,1-3H3,(H,23,24). The minimum absolute atomic E-state index is 0.0417. The molecule has 2 rings (SSSR count). The fraction of sp³-hybridized carbons (Fsp3) is 0.316. The number of alkyl halides is 2. The highest BCUT2D eigenvalue weighted by Gasteiger charge is 2.14. The van der Waals surface area contributed by atoms with E-state index in [2.05, 4.69) is 15.4 Å². The molecule has 2 N–H and O–H groups in total. The van der Waals surface area contributed by atoms with Crippen LogP contribution in [-0.2, 0) is 4.79 Å². The molecule has 0 saturated heterocycles. The van der Waals surface area contributed by atoms with Crippen LogP contribution in [0.15, 0.2) is 42.5 Å². The summed E-state index contributed by atoms with van der Waals surface area (Å²) in [4.78, 5) is 12.2.